The van der Waals surface area contributed by atoms with Crippen LogP contribution in [0.5, 0.6) is 0 Å². The number of hydrogen-bond acceptors (Lipinski definition) is 4. The smallest absolute Gasteiger partial charge is 0.243 e. The van der Waals surface area contributed by atoms with Crippen LogP contribution in [-0.2, 0) is 16.4 Å². The van der Waals surface area contributed by atoms with Gasteiger partial charge in [0.15, 0.2) is 0 Å². The van der Waals surface area contributed by atoms with Crippen molar-refractivity contribution in [2.45, 2.75) is 24.7 Å². The van der Waals surface area contributed by atoms with Crippen molar-refractivity contribution in [3.05, 3.63) is 29.8 Å². The number of nitrogens with zero attached hydrogens (tertiary/aromatic N) is 2. The van der Waals surface area contributed by atoms with Gasteiger partial charge in [-0.25, -0.2) is 8.42 Å². The van der Waals surface area contributed by atoms with Gasteiger partial charge < -0.3 is 0 Å². The fourth-order valence-electron chi connectivity index (χ4n) is 2.68. The first-order chi connectivity index (χ1) is 10.6. The van der Waals surface area contributed by atoms with Gasteiger partial charge in [-0.2, -0.15) is 16.1 Å². The van der Waals surface area contributed by atoms with Gasteiger partial charge in [0.05, 0.1) is 4.90 Å². The Morgan fingerprint density at radius 1 is 1.09 bits per heavy atom. The zero-order valence-electron chi connectivity index (χ0n) is 13.5. The summed E-state index contributed by atoms with van der Waals surface area (Å²) >= 11 is 1.83. The molecule has 0 spiro atoms. The van der Waals surface area contributed by atoms with Crippen LogP contribution in [0.15, 0.2) is 29.2 Å². The molecule has 1 aromatic rings. The molecule has 1 fully saturated rings. The topological polar surface area (TPSA) is 40.6 Å². The van der Waals surface area contributed by atoms with E-state index < -0.39 is 10.0 Å². The lowest BCUT2D eigenvalue weighted by Gasteiger charge is -2.33. The Kier molecular flexibility index (Phi) is 6.74. The molecule has 0 aromatic heterocycles. The lowest BCUT2D eigenvalue weighted by atomic mass is 10.1. The SMILES string of the molecule is CCCc1ccc(S(=O)(=O)N2CCN(CCSC)CC2)cc1. The Morgan fingerprint density at radius 2 is 1.73 bits per heavy atom. The summed E-state index contributed by atoms with van der Waals surface area (Å²) in [4.78, 5) is 2.76. The zero-order chi connectivity index (χ0) is 16.0. The van der Waals surface area contributed by atoms with Gasteiger partial charge in [-0.1, -0.05) is 25.5 Å². The minimum absolute atomic E-state index is 0.421. The van der Waals surface area contributed by atoms with E-state index >= 15 is 0 Å². The van der Waals surface area contributed by atoms with Gasteiger partial charge in [0.1, 0.15) is 0 Å². The van der Waals surface area contributed by atoms with Crippen LogP contribution < -0.4 is 0 Å². The molecule has 1 heterocycles. The number of rotatable bonds is 7. The Labute approximate surface area is 138 Å². The first kappa shape index (κ1) is 17.8. The first-order valence-electron chi connectivity index (χ1n) is 7.88. The molecule has 0 N–H and O–H groups in total. The molecule has 1 aliphatic rings. The van der Waals surface area contributed by atoms with Crippen LogP contribution in [0.3, 0.4) is 0 Å². The van der Waals surface area contributed by atoms with Crippen molar-refractivity contribution >= 4 is 21.8 Å². The molecule has 4 nitrogen and oxygen atoms in total. The largest absolute Gasteiger partial charge is 0.300 e. The summed E-state index contributed by atoms with van der Waals surface area (Å²) in [7, 11) is -3.34. The molecule has 0 aliphatic carbocycles. The average molecular weight is 343 g/mol. The number of hydrogen-bond donors (Lipinski definition) is 0. The van der Waals surface area contributed by atoms with Crippen LogP contribution in [0, 0.1) is 0 Å². The molecule has 124 valence electrons. The molecule has 1 aliphatic heterocycles. The van der Waals surface area contributed by atoms with Crippen molar-refractivity contribution in [3.63, 3.8) is 0 Å². The van der Waals surface area contributed by atoms with Crippen molar-refractivity contribution in [3.8, 4) is 0 Å². The predicted molar refractivity (Wildman–Crippen MR) is 94.0 cm³/mol. The van der Waals surface area contributed by atoms with Crippen LogP contribution in [0.1, 0.15) is 18.9 Å². The van der Waals surface area contributed by atoms with Crippen molar-refractivity contribution < 1.29 is 8.42 Å². The maximum atomic E-state index is 12.7. The van der Waals surface area contributed by atoms with Gasteiger partial charge in [0.2, 0.25) is 10.0 Å². The van der Waals surface area contributed by atoms with Gasteiger partial charge in [-0.3, -0.25) is 4.90 Å². The lowest BCUT2D eigenvalue weighted by Crippen LogP contribution is -2.49. The zero-order valence-corrected chi connectivity index (χ0v) is 15.1. The molecule has 2 rings (SSSR count). The Morgan fingerprint density at radius 3 is 2.27 bits per heavy atom. The molecule has 0 radical (unpaired) electrons. The molecule has 0 unspecified atom stereocenters. The van der Waals surface area contributed by atoms with Crippen molar-refractivity contribution in [2.24, 2.45) is 0 Å². The molecule has 0 amide bonds. The van der Waals surface area contributed by atoms with Gasteiger partial charge in [-0.05, 0) is 30.4 Å². The molecular weight excluding hydrogens is 316 g/mol. The fraction of sp³-hybridized carbons (Fsp3) is 0.625. The van der Waals surface area contributed by atoms with Crippen molar-refractivity contribution in [1.82, 2.24) is 9.21 Å². The third kappa shape index (κ3) is 4.47. The minimum Gasteiger partial charge on any atom is -0.300 e. The number of aryl methyl sites for hydroxylation is 1. The van der Waals surface area contributed by atoms with Crippen LogP contribution in [0.4, 0.5) is 0 Å². The Balaban J connectivity index is 1.99. The molecule has 1 aromatic carbocycles. The molecule has 0 saturated carbocycles. The first-order valence-corrected chi connectivity index (χ1v) is 10.7. The number of thioether (sulfide) groups is 1. The summed E-state index contributed by atoms with van der Waals surface area (Å²) in [5, 5.41) is 0. The van der Waals surface area contributed by atoms with E-state index in [9.17, 15) is 8.42 Å². The third-order valence-corrected chi connectivity index (χ3v) is 6.55. The molecule has 0 atom stereocenters. The van der Waals surface area contributed by atoms with Gasteiger partial charge >= 0.3 is 0 Å². The highest BCUT2D eigenvalue weighted by molar-refractivity contribution is 7.98. The van der Waals surface area contributed by atoms with Crippen molar-refractivity contribution in [1.29, 1.82) is 0 Å². The highest BCUT2D eigenvalue weighted by atomic mass is 32.2. The summed E-state index contributed by atoms with van der Waals surface area (Å²) in [6, 6.07) is 7.37. The van der Waals surface area contributed by atoms with Crippen LogP contribution in [0.2, 0.25) is 0 Å². The standard InChI is InChI=1S/C16H26N2O2S2/c1-3-4-15-5-7-16(8-6-15)22(19,20)18-11-9-17(10-12-18)13-14-21-2/h5-8H,3-4,9-14H2,1-2H3. The van der Waals surface area contributed by atoms with E-state index in [4.69, 9.17) is 0 Å². The predicted octanol–water partition coefficient (Wildman–Crippen LogP) is 2.31. The monoisotopic (exact) mass is 342 g/mol. The van der Waals surface area contributed by atoms with Crippen LogP contribution in [0.25, 0.3) is 0 Å². The van der Waals surface area contributed by atoms with Crippen molar-refractivity contribution in [2.75, 3.05) is 44.7 Å². The average Bonchev–Trinajstić information content (AvgIpc) is 2.54. The maximum Gasteiger partial charge on any atom is 0.243 e. The van der Waals surface area contributed by atoms with E-state index in [0.717, 1.165) is 38.2 Å². The minimum atomic E-state index is -3.34. The highest BCUT2D eigenvalue weighted by Gasteiger charge is 2.28. The molecule has 22 heavy (non-hydrogen) atoms. The second-order valence-electron chi connectivity index (χ2n) is 5.63. The van der Waals surface area contributed by atoms with E-state index in [-0.39, 0.29) is 0 Å². The summed E-state index contributed by atoms with van der Waals surface area (Å²) in [6.07, 6.45) is 4.17. The van der Waals surface area contributed by atoms with E-state index in [1.54, 1.807) is 16.4 Å². The van der Waals surface area contributed by atoms with Gasteiger partial charge in [-0.15, -0.1) is 0 Å². The molecule has 1 saturated heterocycles. The summed E-state index contributed by atoms with van der Waals surface area (Å²) in [6.45, 7) is 6.00. The van der Waals surface area contributed by atoms with E-state index in [1.807, 2.05) is 23.9 Å². The molecule has 0 bridgehead atoms. The van der Waals surface area contributed by atoms with Crippen LogP contribution in [-0.4, -0.2) is 62.4 Å². The fourth-order valence-corrected chi connectivity index (χ4v) is 4.54. The van der Waals surface area contributed by atoms with E-state index in [2.05, 4.69) is 18.1 Å². The Bertz CT molecular complexity index is 550. The number of piperazine rings is 1. The van der Waals surface area contributed by atoms with Gasteiger partial charge in [0.25, 0.3) is 0 Å². The van der Waals surface area contributed by atoms with E-state index in [0.29, 0.717) is 18.0 Å². The summed E-state index contributed by atoms with van der Waals surface area (Å²) in [5.74, 6) is 1.10. The number of benzene rings is 1. The lowest BCUT2D eigenvalue weighted by molar-refractivity contribution is 0.198. The van der Waals surface area contributed by atoms with Crippen LogP contribution >= 0.6 is 11.8 Å². The maximum absolute atomic E-state index is 12.7. The number of sulfonamides is 1. The second-order valence-corrected chi connectivity index (χ2v) is 8.56. The van der Waals surface area contributed by atoms with Gasteiger partial charge in [0, 0.05) is 38.5 Å². The third-order valence-electron chi connectivity index (χ3n) is 4.04. The summed E-state index contributed by atoms with van der Waals surface area (Å²) < 4.78 is 27.0. The normalized spacial score (nSPS) is 17.7. The molecular formula is C16H26N2O2S2. The van der Waals surface area contributed by atoms with E-state index in [1.165, 1.54) is 5.56 Å². The second kappa shape index (κ2) is 8.34. The summed E-state index contributed by atoms with van der Waals surface area (Å²) in [5.41, 5.74) is 1.20. The molecule has 6 heteroatoms. The Hall–Kier alpha value is -0.560. The highest BCUT2D eigenvalue weighted by Crippen LogP contribution is 2.19. The quantitative estimate of drug-likeness (QED) is 0.762.